The second kappa shape index (κ2) is 9.21. The van der Waals surface area contributed by atoms with Crippen LogP contribution >= 0.6 is 32.7 Å². The van der Waals surface area contributed by atoms with Crippen molar-refractivity contribution in [1.82, 2.24) is 0 Å². The average Bonchev–Trinajstić information content (AvgIpc) is 3.44. The van der Waals surface area contributed by atoms with Crippen molar-refractivity contribution in [3.63, 3.8) is 0 Å². The van der Waals surface area contributed by atoms with E-state index in [0.29, 0.717) is 0 Å². The largest absolute Gasteiger partial charge is 0.157 e. The number of benzene rings is 1. The molecule has 180 valence electrons. The highest BCUT2D eigenvalue weighted by molar-refractivity contribution is 8.34. The van der Waals surface area contributed by atoms with E-state index in [1.54, 1.807) is 34.2 Å². The Morgan fingerprint density at radius 1 is 0.788 bits per heavy atom. The molecule has 4 rings (SSSR count). The van der Waals surface area contributed by atoms with Crippen LogP contribution in [0.2, 0.25) is 0 Å². The number of rotatable bonds is 7. The van der Waals surface area contributed by atoms with E-state index < -0.39 is 10.0 Å². The van der Waals surface area contributed by atoms with Gasteiger partial charge in [0.2, 0.25) is 0 Å². The van der Waals surface area contributed by atoms with Gasteiger partial charge >= 0.3 is 0 Å². The topological polar surface area (TPSA) is 0 Å². The van der Waals surface area contributed by atoms with Gasteiger partial charge in [-0.1, -0.05) is 92.9 Å². The zero-order valence-electron chi connectivity index (χ0n) is 21.9. The lowest BCUT2D eigenvalue weighted by molar-refractivity contribution is 0.497. The lowest BCUT2D eigenvalue weighted by Crippen LogP contribution is -2.15. The van der Waals surface area contributed by atoms with Crippen LogP contribution in [0, 0.1) is 5.92 Å². The molecular weight excluding hydrogens is 457 g/mol. The zero-order chi connectivity index (χ0) is 24.0. The van der Waals surface area contributed by atoms with Crippen molar-refractivity contribution >= 4 is 32.7 Å². The third kappa shape index (κ3) is 4.50. The molecule has 2 aromatic heterocycles. The molecule has 0 bridgehead atoms. The minimum absolute atomic E-state index is 0.188. The molecule has 0 aliphatic carbocycles. The fourth-order valence-electron chi connectivity index (χ4n) is 4.87. The van der Waals surface area contributed by atoms with Crippen LogP contribution in [0.4, 0.5) is 0 Å². The predicted molar refractivity (Wildman–Crippen MR) is 152 cm³/mol. The Hall–Kier alpha value is -1.03. The average molecular weight is 499 g/mol. The van der Waals surface area contributed by atoms with Crippen LogP contribution in [0.1, 0.15) is 90.8 Å². The van der Waals surface area contributed by atoms with Crippen LogP contribution < -0.4 is 0 Å². The van der Waals surface area contributed by atoms with E-state index in [-0.39, 0.29) is 10.8 Å². The molecule has 0 amide bonds. The third-order valence-corrected chi connectivity index (χ3v) is 14.7. The second-order valence-corrected chi connectivity index (χ2v) is 17.0. The number of thiophene rings is 2. The van der Waals surface area contributed by atoms with Crippen molar-refractivity contribution in [2.24, 2.45) is 5.92 Å². The lowest BCUT2D eigenvalue weighted by Gasteiger charge is -2.41. The molecule has 0 saturated heterocycles. The maximum Gasteiger partial charge on any atom is 0.0584 e. The lowest BCUT2D eigenvalue weighted by atomic mass is 9.95. The van der Waals surface area contributed by atoms with E-state index in [9.17, 15) is 0 Å². The van der Waals surface area contributed by atoms with Crippen LogP contribution in [-0.2, 0) is 10.8 Å². The summed E-state index contributed by atoms with van der Waals surface area (Å²) in [5.41, 5.74) is 0.376. The van der Waals surface area contributed by atoms with Gasteiger partial charge in [0.25, 0.3) is 0 Å². The normalized spacial score (nSPS) is 17.0. The molecule has 3 heteroatoms. The predicted octanol–water partition coefficient (Wildman–Crippen LogP) is 10.9. The van der Waals surface area contributed by atoms with Gasteiger partial charge in [-0.15, -0.1) is 22.7 Å². The van der Waals surface area contributed by atoms with Crippen molar-refractivity contribution in [2.45, 2.75) is 107 Å². The quantitative estimate of drug-likeness (QED) is 0.304. The molecule has 0 spiro atoms. The van der Waals surface area contributed by atoms with E-state index in [2.05, 4.69) is 121 Å². The summed E-state index contributed by atoms with van der Waals surface area (Å²) in [7, 11) is -1.26. The maximum absolute atomic E-state index is 2.62. The number of hydrogen-bond acceptors (Lipinski definition) is 2. The maximum atomic E-state index is 2.62. The Morgan fingerprint density at radius 2 is 1.30 bits per heavy atom. The van der Waals surface area contributed by atoms with Crippen molar-refractivity contribution < 1.29 is 0 Å². The molecule has 1 atom stereocenters. The molecule has 1 aliphatic rings. The second-order valence-electron chi connectivity index (χ2n) is 11.7. The molecule has 0 saturated carbocycles. The van der Waals surface area contributed by atoms with E-state index in [1.807, 2.05) is 0 Å². The molecule has 0 fully saturated rings. The first-order valence-electron chi connectivity index (χ1n) is 12.7. The van der Waals surface area contributed by atoms with Crippen molar-refractivity contribution in [3.05, 3.63) is 52.2 Å². The summed E-state index contributed by atoms with van der Waals surface area (Å²) >= 11 is 4.15. The molecule has 0 N–H and O–H groups in total. The van der Waals surface area contributed by atoms with Gasteiger partial charge in [-0.3, -0.25) is 0 Å². The smallest absolute Gasteiger partial charge is 0.0584 e. The first-order valence-corrected chi connectivity index (χ1v) is 16.1. The summed E-state index contributed by atoms with van der Waals surface area (Å²) in [5.74, 6) is 2.07. The summed E-state index contributed by atoms with van der Waals surface area (Å²) in [6, 6.07) is 16.8. The summed E-state index contributed by atoms with van der Waals surface area (Å²) in [6.07, 6.45) is 5.26. The Morgan fingerprint density at radius 3 is 1.73 bits per heavy atom. The van der Waals surface area contributed by atoms with Crippen LogP contribution in [0.3, 0.4) is 0 Å². The fraction of sp³-hybridized carbons (Fsp3) is 0.533. The molecular formula is C30H42S3. The van der Waals surface area contributed by atoms with E-state index in [4.69, 9.17) is 0 Å². The van der Waals surface area contributed by atoms with Gasteiger partial charge in [0.1, 0.15) is 0 Å². The van der Waals surface area contributed by atoms with Crippen LogP contribution in [0.5, 0.6) is 0 Å². The van der Waals surface area contributed by atoms with Crippen molar-refractivity contribution in [2.75, 3.05) is 5.75 Å². The van der Waals surface area contributed by atoms with Crippen LogP contribution in [-0.4, -0.2) is 5.75 Å². The molecule has 1 aromatic carbocycles. The Labute approximate surface area is 212 Å². The van der Waals surface area contributed by atoms with E-state index in [0.717, 1.165) is 5.92 Å². The monoisotopic (exact) mass is 498 g/mol. The first-order chi connectivity index (χ1) is 15.5. The number of fused-ring (bicyclic) bond motifs is 3. The number of hydrogen-bond donors (Lipinski definition) is 0. The number of unbranched alkanes of at least 4 members (excludes halogenated alkanes) is 1. The third-order valence-electron chi connectivity index (χ3n) is 7.01. The minimum atomic E-state index is -1.26. The highest BCUT2D eigenvalue weighted by Crippen LogP contribution is 2.79. The Balaban J connectivity index is 2.01. The Bertz CT molecular complexity index is 1030. The van der Waals surface area contributed by atoms with Crippen molar-refractivity contribution in [3.8, 4) is 9.75 Å². The zero-order valence-corrected chi connectivity index (χ0v) is 24.3. The molecule has 3 heterocycles. The van der Waals surface area contributed by atoms with Gasteiger partial charge in [0, 0.05) is 19.5 Å². The van der Waals surface area contributed by atoms with Gasteiger partial charge in [-0.2, -0.15) is 10.0 Å². The minimum Gasteiger partial charge on any atom is -0.157 e. The molecule has 0 nitrogen and oxygen atoms in total. The summed E-state index contributed by atoms with van der Waals surface area (Å²) in [5, 5.41) is 0. The van der Waals surface area contributed by atoms with Gasteiger partial charge < -0.3 is 0 Å². The summed E-state index contributed by atoms with van der Waals surface area (Å²) in [4.78, 5) is 11.1. The van der Waals surface area contributed by atoms with Gasteiger partial charge in [0.05, 0.1) is 9.75 Å². The van der Waals surface area contributed by atoms with Gasteiger partial charge in [-0.25, -0.2) is 0 Å². The summed E-state index contributed by atoms with van der Waals surface area (Å²) < 4.78 is 0. The molecule has 33 heavy (non-hydrogen) atoms. The van der Waals surface area contributed by atoms with Crippen molar-refractivity contribution in [1.29, 1.82) is 0 Å². The highest BCUT2D eigenvalue weighted by atomic mass is 32.3. The Kier molecular flexibility index (Phi) is 6.99. The van der Waals surface area contributed by atoms with Gasteiger partial charge in [-0.05, 0) is 58.1 Å². The first kappa shape index (κ1) is 25.1. The SMILES string of the molecule is CCCCC(CC)CS1(c2ccccc2)c2cc(C(C)(C)C)sc2-c2sc(C(C)(C)C)cc21. The molecule has 1 aliphatic heterocycles. The van der Waals surface area contributed by atoms with E-state index in [1.165, 1.54) is 31.4 Å². The van der Waals surface area contributed by atoms with Gasteiger partial charge in [0.15, 0.2) is 0 Å². The molecule has 1 unspecified atom stereocenters. The molecule has 3 aromatic rings. The highest BCUT2D eigenvalue weighted by Gasteiger charge is 2.45. The van der Waals surface area contributed by atoms with Crippen LogP contribution in [0.15, 0.2) is 57.2 Å². The standard InChI is InChI=1S/C30H42S3/c1-9-11-15-21(10-2)20-33(22-16-13-12-14-17-22)23-18-25(29(3,4)5)31-27(23)28-24(33)19-26(32-28)30(6,7)8/h12-14,16-19,21H,9-11,15,20H2,1-8H3. The van der Waals surface area contributed by atoms with E-state index >= 15 is 0 Å². The van der Waals surface area contributed by atoms with Crippen LogP contribution in [0.25, 0.3) is 9.75 Å². The summed E-state index contributed by atoms with van der Waals surface area (Å²) in [6.45, 7) is 19.0. The molecule has 0 radical (unpaired) electrons. The fourth-order valence-corrected chi connectivity index (χ4v) is 13.1.